The molecule has 0 aliphatic carbocycles. The number of nitrogens with one attached hydrogen (secondary N) is 1. The Kier molecular flexibility index (Phi) is 18.0. The van der Waals surface area contributed by atoms with Crippen molar-refractivity contribution >= 4 is 29.2 Å². The van der Waals surface area contributed by atoms with Crippen LogP contribution in [0.25, 0.3) is 22.4 Å². The van der Waals surface area contributed by atoms with Gasteiger partial charge in [-0.2, -0.15) is 15.5 Å². The molecule has 5 rings (SSSR count). The van der Waals surface area contributed by atoms with Crippen LogP contribution in [0.4, 0.5) is 0 Å². The van der Waals surface area contributed by atoms with E-state index >= 15 is 0 Å². The van der Waals surface area contributed by atoms with Crippen molar-refractivity contribution in [1.82, 2.24) is 20.4 Å². The molecule has 0 fully saturated rings. The van der Waals surface area contributed by atoms with E-state index < -0.39 is 41.5 Å². The number of carbonyl (C=O) groups excluding carboxylic acids is 5. The minimum absolute atomic E-state index is 0.0288. The van der Waals surface area contributed by atoms with Crippen LogP contribution in [0, 0.1) is 36.0 Å². The van der Waals surface area contributed by atoms with E-state index in [1.54, 1.807) is 43.3 Å². The van der Waals surface area contributed by atoms with E-state index in [0.717, 1.165) is 17.7 Å². The molecule has 15 nitrogen and oxygen atoms in total. The summed E-state index contributed by atoms with van der Waals surface area (Å²) >= 11 is 0. The number of hydrogen-bond donors (Lipinski definition) is 4. The summed E-state index contributed by atoms with van der Waals surface area (Å²) in [6.07, 6.45) is 0.516. The van der Waals surface area contributed by atoms with Gasteiger partial charge in [-0.3, -0.25) is 24.0 Å². The summed E-state index contributed by atoms with van der Waals surface area (Å²) in [4.78, 5) is 72.1. The Morgan fingerprint density at radius 2 is 1.58 bits per heavy atom. The maximum absolute atomic E-state index is 14.7. The number of benzene rings is 3. The van der Waals surface area contributed by atoms with E-state index in [2.05, 4.69) is 29.4 Å². The molecular formula is C50H62N8O7. The monoisotopic (exact) mass is 886 g/mol. The largest absolute Gasteiger partial charge is 0.492 e. The molecule has 2 amide bonds. The molecule has 1 aliphatic heterocycles. The fourth-order valence-electron chi connectivity index (χ4n) is 8.15. The Morgan fingerprint density at radius 3 is 2.20 bits per heavy atom. The molecule has 0 saturated carbocycles. The van der Waals surface area contributed by atoms with Crippen LogP contribution >= 0.6 is 0 Å². The van der Waals surface area contributed by atoms with Crippen LogP contribution in [0.15, 0.2) is 66.7 Å². The highest BCUT2D eigenvalue weighted by Crippen LogP contribution is 2.41. The van der Waals surface area contributed by atoms with Crippen LogP contribution < -0.4 is 32.0 Å². The number of ether oxygens (including phenoxy) is 2. The molecule has 0 saturated heterocycles. The van der Waals surface area contributed by atoms with Crippen molar-refractivity contribution in [1.29, 1.82) is 5.26 Å². The van der Waals surface area contributed by atoms with Crippen molar-refractivity contribution in [3.8, 4) is 40.0 Å². The standard InChI is InChI=1S/C50H62N8O7/c1-30(2)23-37-11-13-41(57-56-37)34-9-12-38(31(3)24-34)44(60)29-36(16-18-52)50(63)58(5)48-35-10-15-47(65-22-20-54)40(28-35)39-26-33(8-14-46(39)64-21-19-53)27-42(43(59)7-6-17-51)55-49(62)32(4)25-45(48)61/h8-15,24,26,28,30,32,36,42,48H,6-7,16,18-23,25,27,29,52-54H2,1-5H3,(H,55,62)/t32-,36-,42+,48+/m1/s1. The van der Waals surface area contributed by atoms with Gasteiger partial charge in [0.15, 0.2) is 17.3 Å². The normalized spacial score (nSPS) is 16.8. The number of aryl methyl sites for hydroxylation is 1. The fourth-order valence-corrected chi connectivity index (χ4v) is 8.15. The summed E-state index contributed by atoms with van der Waals surface area (Å²) in [6.45, 7) is 8.55. The van der Waals surface area contributed by atoms with Gasteiger partial charge in [0.1, 0.15) is 30.8 Å². The molecule has 0 radical (unpaired) electrons. The van der Waals surface area contributed by atoms with Gasteiger partial charge in [0.05, 0.1) is 23.5 Å². The molecule has 1 aliphatic rings. The van der Waals surface area contributed by atoms with E-state index in [9.17, 15) is 29.2 Å². The highest BCUT2D eigenvalue weighted by molar-refractivity contribution is 6.01. The summed E-state index contributed by atoms with van der Waals surface area (Å²) < 4.78 is 12.3. The van der Waals surface area contributed by atoms with Gasteiger partial charge in [-0.15, -0.1) is 0 Å². The zero-order valence-corrected chi connectivity index (χ0v) is 38.1. The number of carbonyl (C=O) groups is 5. The molecule has 4 aromatic rings. The Labute approximate surface area is 381 Å². The second-order valence-electron chi connectivity index (χ2n) is 17.1. The first-order chi connectivity index (χ1) is 31.2. The second-order valence-corrected chi connectivity index (χ2v) is 17.1. The Balaban J connectivity index is 1.55. The molecular weight excluding hydrogens is 825 g/mol. The first-order valence-corrected chi connectivity index (χ1v) is 22.3. The number of nitrogens with two attached hydrogens (primary N) is 3. The summed E-state index contributed by atoms with van der Waals surface area (Å²) in [5.74, 6) is -2.55. The second kappa shape index (κ2) is 23.5. The van der Waals surface area contributed by atoms with Gasteiger partial charge in [0.25, 0.3) is 0 Å². The number of ketones is 3. The van der Waals surface area contributed by atoms with Gasteiger partial charge in [-0.1, -0.05) is 45.0 Å². The van der Waals surface area contributed by atoms with Crippen molar-refractivity contribution in [2.45, 2.75) is 84.7 Å². The highest BCUT2D eigenvalue weighted by atomic mass is 16.5. The lowest BCUT2D eigenvalue weighted by molar-refractivity contribution is -0.142. The maximum atomic E-state index is 14.7. The highest BCUT2D eigenvalue weighted by Gasteiger charge is 2.36. The molecule has 344 valence electrons. The summed E-state index contributed by atoms with van der Waals surface area (Å²) in [6, 6.07) is 19.6. The summed E-state index contributed by atoms with van der Waals surface area (Å²) in [5.41, 5.74) is 23.5. The first kappa shape index (κ1) is 49.7. The van der Waals surface area contributed by atoms with Crippen LogP contribution in [-0.4, -0.2) is 90.2 Å². The van der Waals surface area contributed by atoms with Gasteiger partial charge in [0.2, 0.25) is 11.8 Å². The first-order valence-electron chi connectivity index (χ1n) is 22.3. The Bertz CT molecular complexity index is 2380. The number of rotatable bonds is 19. The van der Waals surface area contributed by atoms with Crippen molar-refractivity contribution in [2.75, 3.05) is 39.9 Å². The molecule has 15 heteroatoms. The fraction of sp³-hybridized carbons (Fsp3) is 0.440. The predicted octanol–water partition coefficient (Wildman–Crippen LogP) is 5.24. The average Bonchev–Trinajstić information content (AvgIpc) is 3.28. The third-order valence-electron chi connectivity index (χ3n) is 11.5. The van der Waals surface area contributed by atoms with Gasteiger partial charge in [0, 0.05) is 79.9 Å². The number of amides is 2. The Hall–Kier alpha value is -6.34. The lowest BCUT2D eigenvalue weighted by Crippen LogP contribution is -2.46. The number of aromatic nitrogens is 2. The maximum Gasteiger partial charge on any atom is 0.226 e. The third-order valence-corrected chi connectivity index (χ3v) is 11.5. The van der Waals surface area contributed by atoms with Crippen molar-refractivity contribution in [3.05, 3.63) is 94.7 Å². The number of fused-ring (bicyclic) bond motifs is 5. The molecule has 4 atom stereocenters. The van der Waals surface area contributed by atoms with Crippen molar-refractivity contribution < 1.29 is 33.4 Å². The minimum atomic E-state index is -1.22. The topological polar surface area (TPSA) is 247 Å². The lowest BCUT2D eigenvalue weighted by atomic mass is 9.87. The average molecular weight is 887 g/mol. The lowest BCUT2D eigenvalue weighted by Gasteiger charge is -2.32. The smallest absolute Gasteiger partial charge is 0.226 e. The number of Topliss-reactive ketones (excluding diaryl/α,β-unsaturated/α-hetero) is 3. The van der Waals surface area contributed by atoms with Gasteiger partial charge in [-0.25, -0.2) is 0 Å². The predicted molar refractivity (Wildman–Crippen MR) is 248 cm³/mol. The molecule has 4 bridgehead atoms. The van der Waals surface area contributed by atoms with E-state index in [4.69, 9.17) is 26.7 Å². The van der Waals surface area contributed by atoms with Crippen LogP contribution in [-0.2, 0) is 32.0 Å². The molecule has 7 N–H and O–H groups in total. The van der Waals surface area contributed by atoms with Crippen LogP contribution in [0.3, 0.4) is 0 Å². The molecule has 2 heterocycles. The van der Waals surface area contributed by atoms with Gasteiger partial charge in [-0.05, 0) is 97.8 Å². The summed E-state index contributed by atoms with van der Waals surface area (Å²) in [7, 11) is 1.51. The van der Waals surface area contributed by atoms with E-state index in [1.807, 2.05) is 43.3 Å². The van der Waals surface area contributed by atoms with E-state index in [1.165, 1.54) is 11.9 Å². The van der Waals surface area contributed by atoms with Crippen molar-refractivity contribution in [3.63, 3.8) is 0 Å². The van der Waals surface area contributed by atoms with Gasteiger partial charge >= 0.3 is 0 Å². The zero-order chi connectivity index (χ0) is 47.2. The third kappa shape index (κ3) is 12.9. The van der Waals surface area contributed by atoms with Gasteiger partial charge < -0.3 is 36.9 Å². The minimum Gasteiger partial charge on any atom is -0.492 e. The van der Waals surface area contributed by atoms with Crippen molar-refractivity contribution in [2.24, 2.45) is 35.0 Å². The van der Waals surface area contributed by atoms with Crippen LogP contribution in [0.1, 0.15) is 91.7 Å². The Morgan fingerprint density at radius 1 is 0.892 bits per heavy atom. The number of likely N-dealkylation sites (N-methyl/N-ethyl adjacent to an activating group) is 1. The number of nitriles is 1. The zero-order valence-electron chi connectivity index (χ0n) is 38.1. The molecule has 3 aromatic carbocycles. The number of hydrogen-bond acceptors (Lipinski definition) is 13. The van der Waals surface area contributed by atoms with Crippen LogP contribution in [0.5, 0.6) is 11.5 Å². The quantitative estimate of drug-likeness (QED) is 0.0882. The SMILES string of the molecule is Cc1cc(-c2ccc(CC(C)C)nn2)ccc1C(=O)C[C@@H](CCN)C(=O)N(C)[C@@H]1C(=O)C[C@@H](C)C(=O)N[C@H](C(=O)CCC#N)Cc2ccc(OCCN)c(c2)-c2cc1ccc2OCCN. The molecule has 1 aromatic heterocycles. The summed E-state index contributed by atoms with van der Waals surface area (Å²) in [5, 5.41) is 20.9. The number of nitrogens with zero attached hydrogens (tertiary/aromatic N) is 4. The van der Waals surface area contributed by atoms with Crippen LogP contribution in [0.2, 0.25) is 0 Å². The molecule has 0 unspecified atom stereocenters. The molecule has 0 spiro atoms. The van der Waals surface area contributed by atoms with E-state index in [-0.39, 0.29) is 82.9 Å². The van der Waals surface area contributed by atoms with E-state index in [0.29, 0.717) is 56.5 Å². The molecule has 65 heavy (non-hydrogen) atoms.